The molecule has 5 nitrogen and oxygen atoms in total. The largest absolute Gasteiger partial charge is 0.493 e. The van der Waals surface area contributed by atoms with Crippen molar-refractivity contribution in [3.05, 3.63) is 81.6 Å². The summed E-state index contributed by atoms with van der Waals surface area (Å²) in [6.45, 7) is 2.16. The Morgan fingerprint density at radius 2 is 1.71 bits per heavy atom. The fourth-order valence-electron chi connectivity index (χ4n) is 2.76. The van der Waals surface area contributed by atoms with E-state index in [1.165, 1.54) is 19.2 Å². The summed E-state index contributed by atoms with van der Waals surface area (Å²) in [5, 5.41) is 6.53. The quantitative estimate of drug-likeness (QED) is 0.425. The first kappa shape index (κ1) is 22.7. The molecule has 0 aliphatic carbocycles. The molecule has 1 amide bonds. The van der Waals surface area contributed by atoms with Crippen LogP contribution in [0.2, 0.25) is 10.0 Å². The summed E-state index contributed by atoms with van der Waals surface area (Å²) < 4.78 is 24.3. The van der Waals surface area contributed by atoms with E-state index in [1.807, 2.05) is 19.1 Å². The molecule has 162 valence electrons. The van der Waals surface area contributed by atoms with Crippen LogP contribution in [0.25, 0.3) is 0 Å². The highest BCUT2D eigenvalue weighted by molar-refractivity contribution is 6.31. The molecule has 0 saturated carbocycles. The van der Waals surface area contributed by atoms with E-state index in [1.54, 1.807) is 30.3 Å². The van der Waals surface area contributed by atoms with Gasteiger partial charge in [-0.05, 0) is 60.5 Å². The van der Waals surface area contributed by atoms with Gasteiger partial charge in [0, 0.05) is 22.9 Å². The summed E-state index contributed by atoms with van der Waals surface area (Å²) >= 11 is 11.9. The number of rotatable bonds is 8. The highest BCUT2D eigenvalue weighted by atomic mass is 35.5. The zero-order chi connectivity index (χ0) is 22.4. The van der Waals surface area contributed by atoms with Crippen LogP contribution in [0, 0.1) is 12.7 Å². The summed E-state index contributed by atoms with van der Waals surface area (Å²) in [4.78, 5) is 12.2. The molecule has 31 heavy (non-hydrogen) atoms. The number of nitrogens with one attached hydrogen (secondary N) is 2. The van der Waals surface area contributed by atoms with E-state index in [4.69, 9.17) is 32.7 Å². The topological polar surface area (TPSA) is 59.6 Å². The predicted molar refractivity (Wildman–Crippen MR) is 122 cm³/mol. The number of carbonyl (C=O) groups excluding carboxylic acids is 1. The van der Waals surface area contributed by atoms with Crippen LogP contribution in [0.3, 0.4) is 0 Å². The SMILES string of the molecule is COc1cc(CNc2ccc(F)c(Cl)c2)ccc1OCC(=O)Nc1ccc(C)c(Cl)c1. The number of amides is 1. The highest BCUT2D eigenvalue weighted by Gasteiger charge is 2.10. The molecule has 0 heterocycles. The van der Waals surface area contributed by atoms with Gasteiger partial charge in [-0.15, -0.1) is 0 Å². The first-order chi connectivity index (χ1) is 14.9. The zero-order valence-corrected chi connectivity index (χ0v) is 18.5. The van der Waals surface area contributed by atoms with Crippen LogP contribution in [-0.4, -0.2) is 19.6 Å². The Morgan fingerprint density at radius 1 is 0.968 bits per heavy atom. The number of anilines is 2. The summed E-state index contributed by atoms with van der Waals surface area (Å²) in [6.07, 6.45) is 0. The number of methoxy groups -OCH3 is 1. The molecule has 0 spiro atoms. The lowest BCUT2D eigenvalue weighted by Gasteiger charge is -2.13. The van der Waals surface area contributed by atoms with Crippen LogP contribution < -0.4 is 20.1 Å². The molecule has 2 N–H and O–H groups in total. The Balaban J connectivity index is 1.58. The maximum Gasteiger partial charge on any atom is 0.262 e. The minimum Gasteiger partial charge on any atom is -0.493 e. The third-order valence-electron chi connectivity index (χ3n) is 4.46. The van der Waals surface area contributed by atoms with Crippen molar-refractivity contribution in [2.45, 2.75) is 13.5 Å². The van der Waals surface area contributed by atoms with Crippen molar-refractivity contribution in [1.82, 2.24) is 0 Å². The Morgan fingerprint density at radius 3 is 2.42 bits per heavy atom. The molecule has 3 aromatic rings. The maximum atomic E-state index is 13.3. The van der Waals surface area contributed by atoms with Crippen molar-refractivity contribution in [1.29, 1.82) is 0 Å². The van der Waals surface area contributed by atoms with E-state index >= 15 is 0 Å². The standard InChI is InChI=1S/C23H21Cl2FN2O3/c1-14-3-5-17(11-18(14)24)28-23(29)13-31-21-8-4-15(9-22(21)30-2)12-27-16-6-7-20(26)19(25)10-16/h3-11,27H,12-13H2,1-2H3,(H,28,29). The van der Waals surface area contributed by atoms with E-state index in [9.17, 15) is 9.18 Å². The van der Waals surface area contributed by atoms with Crippen LogP contribution in [0.1, 0.15) is 11.1 Å². The van der Waals surface area contributed by atoms with Crippen molar-refractivity contribution in [2.75, 3.05) is 24.4 Å². The minimum atomic E-state index is -0.468. The van der Waals surface area contributed by atoms with E-state index in [0.29, 0.717) is 34.4 Å². The van der Waals surface area contributed by atoms with Crippen LogP contribution in [0.15, 0.2) is 54.6 Å². The number of aryl methyl sites for hydroxylation is 1. The summed E-state index contributed by atoms with van der Waals surface area (Å²) in [5.41, 5.74) is 3.12. The van der Waals surface area contributed by atoms with Crippen molar-refractivity contribution in [3.8, 4) is 11.5 Å². The molecule has 0 fully saturated rings. The third kappa shape index (κ3) is 6.26. The normalized spacial score (nSPS) is 10.5. The average Bonchev–Trinajstić information content (AvgIpc) is 2.76. The lowest BCUT2D eigenvalue weighted by molar-refractivity contribution is -0.118. The fourth-order valence-corrected chi connectivity index (χ4v) is 3.12. The summed E-state index contributed by atoms with van der Waals surface area (Å²) in [7, 11) is 1.52. The molecular formula is C23H21Cl2FN2O3. The monoisotopic (exact) mass is 462 g/mol. The van der Waals surface area contributed by atoms with Crippen molar-refractivity contribution < 1.29 is 18.7 Å². The number of benzene rings is 3. The van der Waals surface area contributed by atoms with Gasteiger partial charge in [-0.1, -0.05) is 35.3 Å². The number of hydrogen-bond acceptors (Lipinski definition) is 4. The van der Waals surface area contributed by atoms with Crippen molar-refractivity contribution in [2.24, 2.45) is 0 Å². The van der Waals surface area contributed by atoms with E-state index in [0.717, 1.165) is 11.1 Å². The zero-order valence-electron chi connectivity index (χ0n) is 17.0. The van der Waals surface area contributed by atoms with Gasteiger partial charge in [-0.3, -0.25) is 4.79 Å². The van der Waals surface area contributed by atoms with Gasteiger partial charge in [0.05, 0.1) is 12.1 Å². The maximum absolute atomic E-state index is 13.3. The smallest absolute Gasteiger partial charge is 0.262 e. The molecule has 8 heteroatoms. The molecule has 0 saturated heterocycles. The van der Waals surface area contributed by atoms with Gasteiger partial charge in [-0.2, -0.15) is 0 Å². The second-order valence-electron chi connectivity index (χ2n) is 6.77. The van der Waals surface area contributed by atoms with E-state index in [-0.39, 0.29) is 17.5 Å². The minimum absolute atomic E-state index is 0.0533. The van der Waals surface area contributed by atoms with Gasteiger partial charge >= 0.3 is 0 Å². The lowest BCUT2D eigenvalue weighted by atomic mass is 10.2. The van der Waals surface area contributed by atoms with E-state index < -0.39 is 5.82 Å². The van der Waals surface area contributed by atoms with Crippen LogP contribution >= 0.6 is 23.2 Å². The molecule has 3 aromatic carbocycles. The van der Waals surface area contributed by atoms with Gasteiger partial charge < -0.3 is 20.1 Å². The van der Waals surface area contributed by atoms with Gasteiger partial charge in [0.25, 0.3) is 5.91 Å². The number of carbonyl (C=O) groups is 1. The van der Waals surface area contributed by atoms with Crippen LogP contribution in [-0.2, 0) is 11.3 Å². The second-order valence-corrected chi connectivity index (χ2v) is 7.58. The predicted octanol–water partition coefficient (Wildman–Crippen LogP) is 6.08. The van der Waals surface area contributed by atoms with Gasteiger partial charge in [0.2, 0.25) is 0 Å². The number of hydrogen-bond donors (Lipinski definition) is 2. The van der Waals surface area contributed by atoms with Gasteiger partial charge in [-0.25, -0.2) is 4.39 Å². The Bertz CT molecular complexity index is 1090. The third-order valence-corrected chi connectivity index (χ3v) is 5.16. The summed E-state index contributed by atoms with van der Waals surface area (Å²) in [6, 6.07) is 15.1. The molecule has 0 unspecified atom stereocenters. The molecule has 0 bridgehead atoms. The van der Waals surface area contributed by atoms with E-state index in [2.05, 4.69) is 10.6 Å². The fraction of sp³-hybridized carbons (Fsp3) is 0.174. The molecule has 3 rings (SSSR count). The van der Waals surface area contributed by atoms with Crippen molar-refractivity contribution in [3.63, 3.8) is 0 Å². The molecule has 0 radical (unpaired) electrons. The molecule has 0 aliphatic rings. The number of ether oxygens (including phenoxy) is 2. The summed E-state index contributed by atoms with van der Waals surface area (Å²) in [5.74, 6) is 0.140. The number of halogens is 3. The Hall–Kier alpha value is -2.96. The molecular weight excluding hydrogens is 442 g/mol. The Kier molecular flexibility index (Phi) is 7.60. The average molecular weight is 463 g/mol. The molecule has 0 aliphatic heterocycles. The lowest BCUT2D eigenvalue weighted by Crippen LogP contribution is -2.20. The Labute approximate surface area is 190 Å². The van der Waals surface area contributed by atoms with Gasteiger partial charge in [0.1, 0.15) is 5.82 Å². The van der Waals surface area contributed by atoms with Gasteiger partial charge in [0.15, 0.2) is 18.1 Å². The first-order valence-corrected chi connectivity index (χ1v) is 10.2. The van der Waals surface area contributed by atoms with Crippen LogP contribution in [0.5, 0.6) is 11.5 Å². The highest BCUT2D eigenvalue weighted by Crippen LogP contribution is 2.29. The first-order valence-electron chi connectivity index (χ1n) is 9.40. The molecule has 0 atom stereocenters. The van der Waals surface area contributed by atoms with Crippen LogP contribution in [0.4, 0.5) is 15.8 Å². The van der Waals surface area contributed by atoms with Crippen molar-refractivity contribution >= 4 is 40.5 Å². The molecule has 0 aromatic heterocycles. The second kappa shape index (κ2) is 10.4.